The minimum atomic E-state index is 0.145. The highest BCUT2D eigenvalue weighted by molar-refractivity contribution is 6.35. The third-order valence-corrected chi connectivity index (χ3v) is 2.87. The number of aromatic nitrogens is 5. The molecule has 5 nitrogen and oxygen atoms in total. The molecule has 0 amide bonds. The van der Waals surface area contributed by atoms with Gasteiger partial charge in [0.2, 0.25) is 5.28 Å². The molecule has 3 aromatic heterocycles. The molecule has 0 unspecified atom stereocenters. The first-order valence-corrected chi connectivity index (χ1v) is 5.60. The molecular formula is C10H7Cl2N5. The van der Waals surface area contributed by atoms with Gasteiger partial charge in [0.25, 0.3) is 0 Å². The summed E-state index contributed by atoms with van der Waals surface area (Å²) in [5.74, 6) is 0. The summed E-state index contributed by atoms with van der Waals surface area (Å²) in [6, 6.07) is 1.84. The highest BCUT2D eigenvalue weighted by Crippen LogP contribution is 2.25. The van der Waals surface area contributed by atoms with E-state index in [1.165, 1.54) is 0 Å². The molecule has 7 heteroatoms. The Balaban J connectivity index is 2.31. The number of hydrogen-bond donors (Lipinski definition) is 0. The van der Waals surface area contributed by atoms with Crippen molar-refractivity contribution in [1.29, 1.82) is 0 Å². The van der Waals surface area contributed by atoms with E-state index in [4.69, 9.17) is 23.2 Å². The molecular weight excluding hydrogens is 261 g/mol. The van der Waals surface area contributed by atoms with Crippen LogP contribution in [0.25, 0.3) is 16.7 Å². The van der Waals surface area contributed by atoms with Gasteiger partial charge in [0.05, 0.1) is 17.4 Å². The Hall–Kier alpha value is -1.59. The average Bonchev–Trinajstić information content (AvgIpc) is 2.83. The summed E-state index contributed by atoms with van der Waals surface area (Å²) in [5, 5.41) is 4.58. The van der Waals surface area contributed by atoms with Crippen LogP contribution in [0, 0.1) is 0 Å². The first kappa shape index (κ1) is 10.6. The molecule has 0 aliphatic heterocycles. The van der Waals surface area contributed by atoms with Gasteiger partial charge in [-0.15, -0.1) is 0 Å². The first-order valence-electron chi connectivity index (χ1n) is 4.84. The van der Waals surface area contributed by atoms with Crippen LogP contribution in [-0.2, 0) is 7.05 Å². The van der Waals surface area contributed by atoms with E-state index in [1.807, 2.05) is 30.1 Å². The monoisotopic (exact) mass is 267 g/mol. The minimum Gasteiger partial charge on any atom is -0.310 e. The summed E-state index contributed by atoms with van der Waals surface area (Å²) in [5.41, 5.74) is 2.33. The summed E-state index contributed by atoms with van der Waals surface area (Å²) < 4.78 is 3.59. The van der Waals surface area contributed by atoms with Crippen LogP contribution in [0.3, 0.4) is 0 Å². The van der Waals surface area contributed by atoms with E-state index in [-0.39, 0.29) is 5.28 Å². The molecule has 86 valence electrons. The van der Waals surface area contributed by atoms with Crippen molar-refractivity contribution in [1.82, 2.24) is 24.3 Å². The lowest BCUT2D eigenvalue weighted by molar-refractivity contribution is 0.767. The average molecular weight is 268 g/mol. The van der Waals surface area contributed by atoms with Gasteiger partial charge in [0, 0.05) is 19.4 Å². The van der Waals surface area contributed by atoms with E-state index < -0.39 is 0 Å². The van der Waals surface area contributed by atoms with Crippen LogP contribution in [0.4, 0.5) is 0 Å². The number of aryl methyl sites for hydroxylation is 1. The molecule has 0 aliphatic carbocycles. The van der Waals surface area contributed by atoms with Gasteiger partial charge in [-0.3, -0.25) is 4.68 Å². The van der Waals surface area contributed by atoms with Gasteiger partial charge in [0.15, 0.2) is 5.15 Å². The molecule has 0 radical (unpaired) electrons. The summed E-state index contributed by atoms with van der Waals surface area (Å²) in [4.78, 5) is 8.05. The molecule has 0 N–H and O–H groups in total. The van der Waals surface area contributed by atoms with Gasteiger partial charge in [-0.05, 0) is 17.7 Å². The number of hydrogen-bond acceptors (Lipinski definition) is 3. The second-order valence-corrected chi connectivity index (χ2v) is 4.27. The SMILES string of the molecule is Cn1cc(-n2ccc3nc(Cl)nc(Cl)c32)cn1. The van der Waals surface area contributed by atoms with Crippen molar-refractivity contribution in [2.24, 2.45) is 7.05 Å². The normalized spacial score (nSPS) is 11.2. The second kappa shape index (κ2) is 3.72. The molecule has 0 aliphatic rings. The highest BCUT2D eigenvalue weighted by atomic mass is 35.5. The predicted octanol–water partition coefficient (Wildman–Crippen LogP) is 2.46. The summed E-state index contributed by atoms with van der Waals surface area (Å²) in [6.07, 6.45) is 5.48. The number of fused-ring (bicyclic) bond motifs is 1. The third kappa shape index (κ3) is 1.67. The van der Waals surface area contributed by atoms with Crippen LogP contribution < -0.4 is 0 Å². The van der Waals surface area contributed by atoms with Gasteiger partial charge in [-0.1, -0.05) is 11.6 Å². The van der Waals surface area contributed by atoms with Crippen LogP contribution in [0.2, 0.25) is 10.4 Å². The Morgan fingerprint density at radius 2 is 2.06 bits per heavy atom. The molecule has 3 aromatic rings. The van der Waals surface area contributed by atoms with Crippen molar-refractivity contribution in [2.75, 3.05) is 0 Å². The zero-order valence-electron chi connectivity index (χ0n) is 8.80. The molecule has 0 aromatic carbocycles. The maximum absolute atomic E-state index is 6.08. The number of halogens is 2. The van der Waals surface area contributed by atoms with Crippen molar-refractivity contribution in [2.45, 2.75) is 0 Å². The largest absolute Gasteiger partial charge is 0.310 e. The fourth-order valence-electron chi connectivity index (χ4n) is 1.72. The Bertz CT molecular complexity index is 700. The van der Waals surface area contributed by atoms with Crippen LogP contribution in [0.1, 0.15) is 0 Å². The molecule has 3 rings (SSSR count). The Kier molecular flexibility index (Phi) is 2.31. The molecule has 0 saturated heterocycles. The zero-order chi connectivity index (χ0) is 12.0. The smallest absolute Gasteiger partial charge is 0.224 e. The van der Waals surface area contributed by atoms with Crippen LogP contribution in [0.15, 0.2) is 24.7 Å². The molecule has 3 heterocycles. The number of nitrogens with zero attached hydrogens (tertiary/aromatic N) is 5. The van der Waals surface area contributed by atoms with E-state index in [9.17, 15) is 0 Å². The maximum atomic E-state index is 6.08. The molecule has 17 heavy (non-hydrogen) atoms. The number of rotatable bonds is 1. The lowest BCUT2D eigenvalue weighted by atomic mass is 10.4. The molecule has 0 saturated carbocycles. The van der Waals surface area contributed by atoms with Gasteiger partial charge in [-0.2, -0.15) is 5.10 Å². The standard InChI is InChI=1S/C10H7Cl2N5/c1-16-5-6(4-13-16)17-3-2-7-8(17)9(11)15-10(12)14-7/h2-5H,1H3. The topological polar surface area (TPSA) is 48.5 Å². The molecule has 0 atom stereocenters. The highest BCUT2D eigenvalue weighted by Gasteiger charge is 2.11. The summed E-state index contributed by atoms with van der Waals surface area (Å²) in [6.45, 7) is 0. The van der Waals surface area contributed by atoms with Crippen molar-refractivity contribution in [3.05, 3.63) is 35.1 Å². The van der Waals surface area contributed by atoms with Crippen LogP contribution in [0.5, 0.6) is 0 Å². The third-order valence-electron chi connectivity index (χ3n) is 2.43. The van der Waals surface area contributed by atoms with Gasteiger partial charge in [-0.25, -0.2) is 9.97 Å². The lowest BCUT2D eigenvalue weighted by Crippen LogP contribution is -1.93. The van der Waals surface area contributed by atoms with Crippen LogP contribution >= 0.6 is 23.2 Å². The Morgan fingerprint density at radius 1 is 1.24 bits per heavy atom. The van der Waals surface area contributed by atoms with E-state index >= 15 is 0 Å². The Morgan fingerprint density at radius 3 is 2.76 bits per heavy atom. The second-order valence-electron chi connectivity index (χ2n) is 3.58. The first-order chi connectivity index (χ1) is 8.15. The minimum absolute atomic E-state index is 0.145. The van der Waals surface area contributed by atoms with E-state index in [0.29, 0.717) is 10.7 Å². The van der Waals surface area contributed by atoms with E-state index in [1.54, 1.807) is 10.9 Å². The van der Waals surface area contributed by atoms with Crippen molar-refractivity contribution in [3.8, 4) is 5.69 Å². The lowest BCUT2D eigenvalue weighted by Gasteiger charge is -2.02. The quantitative estimate of drug-likeness (QED) is 0.503. The Labute approximate surface area is 107 Å². The van der Waals surface area contributed by atoms with Gasteiger partial charge >= 0.3 is 0 Å². The van der Waals surface area contributed by atoms with Crippen molar-refractivity contribution < 1.29 is 0 Å². The molecule has 0 spiro atoms. The summed E-state index contributed by atoms with van der Waals surface area (Å²) >= 11 is 11.8. The zero-order valence-corrected chi connectivity index (χ0v) is 10.3. The molecule has 0 bridgehead atoms. The van der Waals surface area contributed by atoms with E-state index in [0.717, 1.165) is 11.2 Å². The fourth-order valence-corrected chi connectivity index (χ4v) is 2.21. The maximum Gasteiger partial charge on any atom is 0.224 e. The van der Waals surface area contributed by atoms with Gasteiger partial charge in [0.1, 0.15) is 5.52 Å². The fraction of sp³-hybridized carbons (Fsp3) is 0.100. The van der Waals surface area contributed by atoms with Gasteiger partial charge < -0.3 is 4.57 Å². The van der Waals surface area contributed by atoms with Crippen molar-refractivity contribution in [3.63, 3.8) is 0 Å². The summed E-state index contributed by atoms with van der Waals surface area (Å²) in [7, 11) is 1.85. The predicted molar refractivity (Wildman–Crippen MR) is 65.7 cm³/mol. The van der Waals surface area contributed by atoms with Crippen molar-refractivity contribution >= 4 is 34.2 Å². The molecule has 0 fully saturated rings. The van der Waals surface area contributed by atoms with Crippen LogP contribution in [-0.4, -0.2) is 24.3 Å². The van der Waals surface area contributed by atoms with E-state index in [2.05, 4.69) is 15.1 Å².